The van der Waals surface area contributed by atoms with Gasteiger partial charge in [0.2, 0.25) is 0 Å². The van der Waals surface area contributed by atoms with Crippen LogP contribution in [-0.4, -0.2) is 24.1 Å². The van der Waals surface area contributed by atoms with Crippen LogP contribution in [0.4, 0.5) is 0 Å². The summed E-state index contributed by atoms with van der Waals surface area (Å²) in [4.78, 5) is 22.6. The molecule has 0 N–H and O–H groups in total. The Bertz CT molecular complexity index is 298. The van der Waals surface area contributed by atoms with Gasteiger partial charge < -0.3 is 9.47 Å². The Morgan fingerprint density at radius 2 is 1.94 bits per heavy atom. The molecule has 5 nitrogen and oxygen atoms in total. The predicted octanol–water partition coefficient (Wildman–Crippen LogP) is 1.42. The molecular weight excluding hydrogens is 210 g/mol. The second-order valence-electron chi connectivity index (χ2n) is 4.22. The predicted molar refractivity (Wildman–Crippen MR) is 56.2 cm³/mol. The van der Waals surface area contributed by atoms with Crippen molar-refractivity contribution in [1.29, 1.82) is 5.26 Å². The van der Waals surface area contributed by atoms with Crippen molar-refractivity contribution >= 4 is 11.9 Å². The number of nitrogens with zero attached hydrogens (tertiary/aromatic N) is 1. The van der Waals surface area contributed by atoms with Crippen LogP contribution >= 0.6 is 0 Å². The van der Waals surface area contributed by atoms with Crippen LogP contribution in [0.5, 0.6) is 0 Å². The van der Waals surface area contributed by atoms with Gasteiger partial charge in [0, 0.05) is 0 Å². The molecule has 0 saturated carbocycles. The highest BCUT2D eigenvalue weighted by molar-refractivity contribution is 5.82. The molecule has 0 fully saturated rings. The molecular formula is C11H17NO4. The third-order valence-corrected chi connectivity index (χ3v) is 1.52. The number of rotatable bonds is 4. The molecule has 0 aromatic carbocycles. The normalized spacial score (nSPS) is 12.4. The first-order chi connectivity index (χ1) is 7.30. The van der Waals surface area contributed by atoms with E-state index in [1.165, 1.54) is 0 Å². The molecule has 0 aromatic heterocycles. The number of esters is 2. The van der Waals surface area contributed by atoms with E-state index in [1.807, 2.05) is 0 Å². The Morgan fingerprint density at radius 3 is 2.31 bits per heavy atom. The summed E-state index contributed by atoms with van der Waals surface area (Å²) in [7, 11) is 0. The fraction of sp³-hybridized carbons (Fsp3) is 0.727. The smallest absolute Gasteiger partial charge is 0.323 e. The van der Waals surface area contributed by atoms with E-state index in [2.05, 4.69) is 4.74 Å². The molecule has 0 aromatic rings. The van der Waals surface area contributed by atoms with Gasteiger partial charge in [-0.2, -0.15) is 5.26 Å². The van der Waals surface area contributed by atoms with Gasteiger partial charge in [-0.3, -0.25) is 9.59 Å². The van der Waals surface area contributed by atoms with Crippen LogP contribution in [-0.2, 0) is 19.1 Å². The second kappa shape index (κ2) is 6.11. The Kier molecular flexibility index (Phi) is 5.51. The van der Waals surface area contributed by atoms with Crippen molar-refractivity contribution in [1.82, 2.24) is 0 Å². The van der Waals surface area contributed by atoms with Crippen LogP contribution in [0.3, 0.4) is 0 Å². The van der Waals surface area contributed by atoms with Gasteiger partial charge in [-0.25, -0.2) is 0 Å². The van der Waals surface area contributed by atoms with Gasteiger partial charge in [-0.05, 0) is 27.7 Å². The molecule has 0 radical (unpaired) electrons. The van der Waals surface area contributed by atoms with Gasteiger partial charge in [0.1, 0.15) is 5.60 Å². The molecule has 1 unspecified atom stereocenters. The summed E-state index contributed by atoms with van der Waals surface area (Å²) in [5, 5.41) is 8.71. The molecule has 16 heavy (non-hydrogen) atoms. The van der Waals surface area contributed by atoms with Gasteiger partial charge >= 0.3 is 11.9 Å². The first-order valence-electron chi connectivity index (χ1n) is 5.08. The van der Waals surface area contributed by atoms with Crippen molar-refractivity contribution in [2.45, 2.75) is 39.7 Å². The van der Waals surface area contributed by atoms with Crippen LogP contribution in [0, 0.1) is 17.2 Å². The minimum atomic E-state index is -1.09. The fourth-order valence-electron chi connectivity index (χ4n) is 0.974. The minimum Gasteiger partial charge on any atom is -0.465 e. The summed E-state index contributed by atoms with van der Waals surface area (Å²) >= 11 is 0. The summed E-state index contributed by atoms with van der Waals surface area (Å²) < 4.78 is 9.66. The highest BCUT2D eigenvalue weighted by Gasteiger charge is 2.26. The number of carbonyl (C=O) groups excluding carboxylic acids is 2. The molecule has 0 saturated heterocycles. The Labute approximate surface area is 95.3 Å². The van der Waals surface area contributed by atoms with Crippen molar-refractivity contribution in [3.63, 3.8) is 0 Å². The quantitative estimate of drug-likeness (QED) is 0.679. The average molecular weight is 227 g/mol. The number of ether oxygens (including phenoxy) is 2. The van der Waals surface area contributed by atoms with E-state index >= 15 is 0 Å². The minimum absolute atomic E-state index is 0.186. The van der Waals surface area contributed by atoms with Crippen molar-refractivity contribution in [3.8, 4) is 6.07 Å². The van der Waals surface area contributed by atoms with Gasteiger partial charge in [0.05, 0.1) is 19.1 Å². The molecule has 90 valence electrons. The Balaban J connectivity index is 4.30. The zero-order valence-electron chi connectivity index (χ0n) is 10.1. The Morgan fingerprint density at radius 1 is 1.38 bits per heavy atom. The zero-order chi connectivity index (χ0) is 12.8. The summed E-state index contributed by atoms with van der Waals surface area (Å²) in [5.74, 6) is -2.35. The molecule has 0 aliphatic rings. The van der Waals surface area contributed by atoms with E-state index in [0.29, 0.717) is 0 Å². The van der Waals surface area contributed by atoms with Crippen LogP contribution < -0.4 is 0 Å². The van der Waals surface area contributed by atoms with Crippen LogP contribution in [0.2, 0.25) is 0 Å². The maximum Gasteiger partial charge on any atom is 0.323 e. The summed E-state index contributed by atoms with van der Waals surface area (Å²) in [5.41, 5.74) is -0.619. The molecule has 0 amide bonds. The number of hydrogen-bond donors (Lipinski definition) is 0. The van der Waals surface area contributed by atoms with Crippen LogP contribution in [0.1, 0.15) is 34.1 Å². The summed E-state index contributed by atoms with van der Waals surface area (Å²) in [6.45, 7) is 6.98. The van der Waals surface area contributed by atoms with E-state index in [4.69, 9.17) is 10.00 Å². The van der Waals surface area contributed by atoms with E-state index in [1.54, 1.807) is 33.8 Å². The van der Waals surface area contributed by atoms with Crippen molar-refractivity contribution in [2.24, 2.45) is 5.92 Å². The monoisotopic (exact) mass is 227 g/mol. The molecule has 0 rings (SSSR count). The van der Waals surface area contributed by atoms with Gasteiger partial charge in [-0.15, -0.1) is 0 Å². The lowest BCUT2D eigenvalue weighted by Crippen LogP contribution is -2.27. The molecule has 1 atom stereocenters. The average Bonchev–Trinajstić information content (AvgIpc) is 2.11. The fourth-order valence-corrected chi connectivity index (χ4v) is 0.974. The lowest BCUT2D eigenvalue weighted by atomic mass is 10.1. The molecule has 0 spiro atoms. The maximum atomic E-state index is 11.4. The maximum absolute atomic E-state index is 11.4. The molecule has 0 aliphatic carbocycles. The third kappa shape index (κ3) is 6.02. The summed E-state index contributed by atoms with van der Waals surface area (Å²) in [6, 6.07) is 1.73. The van der Waals surface area contributed by atoms with Crippen LogP contribution in [0.25, 0.3) is 0 Å². The van der Waals surface area contributed by atoms with E-state index in [-0.39, 0.29) is 13.0 Å². The SMILES string of the molecule is CCOC(=O)C(C#N)CC(=O)OC(C)(C)C. The highest BCUT2D eigenvalue weighted by atomic mass is 16.6. The molecule has 0 heterocycles. The standard InChI is InChI=1S/C11H17NO4/c1-5-15-10(14)8(7-12)6-9(13)16-11(2,3)4/h8H,5-6H2,1-4H3. The van der Waals surface area contributed by atoms with Gasteiger partial charge in [0.25, 0.3) is 0 Å². The number of nitriles is 1. The van der Waals surface area contributed by atoms with Crippen LogP contribution in [0.15, 0.2) is 0 Å². The van der Waals surface area contributed by atoms with Gasteiger partial charge in [-0.1, -0.05) is 0 Å². The summed E-state index contributed by atoms with van der Waals surface area (Å²) in [6.07, 6.45) is -0.271. The van der Waals surface area contributed by atoms with E-state index in [9.17, 15) is 9.59 Å². The first kappa shape index (κ1) is 14.4. The highest BCUT2D eigenvalue weighted by Crippen LogP contribution is 2.12. The van der Waals surface area contributed by atoms with Crippen molar-refractivity contribution in [3.05, 3.63) is 0 Å². The van der Waals surface area contributed by atoms with Crippen molar-refractivity contribution < 1.29 is 19.1 Å². The lowest BCUT2D eigenvalue weighted by Gasteiger charge is -2.20. The second-order valence-corrected chi connectivity index (χ2v) is 4.22. The first-order valence-corrected chi connectivity index (χ1v) is 5.08. The zero-order valence-corrected chi connectivity index (χ0v) is 10.1. The van der Waals surface area contributed by atoms with E-state index < -0.39 is 23.5 Å². The largest absolute Gasteiger partial charge is 0.465 e. The molecule has 0 bridgehead atoms. The Hall–Kier alpha value is -1.57. The lowest BCUT2D eigenvalue weighted by molar-refractivity contribution is -0.160. The van der Waals surface area contributed by atoms with Gasteiger partial charge in [0.15, 0.2) is 5.92 Å². The number of hydrogen-bond acceptors (Lipinski definition) is 5. The molecule has 5 heteroatoms. The topological polar surface area (TPSA) is 76.4 Å². The van der Waals surface area contributed by atoms with Crippen molar-refractivity contribution in [2.75, 3.05) is 6.61 Å². The number of carbonyl (C=O) groups is 2. The molecule has 0 aliphatic heterocycles. The van der Waals surface area contributed by atoms with E-state index in [0.717, 1.165) is 0 Å². The third-order valence-electron chi connectivity index (χ3n) is 1.52.